The highest BCUT2D eigenvalue weighted by atomic mass is 16.5. The first-order chi connectivity index (χ1) is 12.9. The van der Waals surface area contributed by atoms with Crippen LogP contribution < -0.4 is 10.1 Å². The van der Waals surface area contributed by atoms with E-state index < -0.39 is 0 Å². The zero-order valence-electron chi connectivity index (χ0n) is 15.7. The highest BCUT2D eigenvalue weighted by molar-refractivity contribution is 6.01. The van der Waals surface area contributed by atoms with Gasteiger partial charge in [0.1, 0.15) is 11.6 Å². The first-order valence-corrected chi connectivity index (χ1v) is 8.47. The van der Waals surface area contributed by atoms with Crippen molar-refractivity contribution in [3.63, 3.8) is 0 Å². The van der Waals surface area contributed by atoms with Crippen molar-refractivity contribution in [3.8, 4) is 11.7 Å². The maximum absolute atomic E-state index is 12.3. The van der Waals surface area contributed by atoms with Gasteiger partial charge in [0.15, 0.2) is 0 Å². The molecule has 0 bridgehead atoms. The number of aryl methyl sites for hydroxylation is 3. The number of ether oxygens (including phenoxy) is 1. The van der Waals surface area contributed by atoms with E-state index in [1.807, 2.05) is 51.1 Å². The summed E-state index contributed by atoms with van der Waals surface area (Å²) in [7, 11) is 1.61. The topological polar surface area (TPSA) is 81.9 Å². The van der Waals surface area contributed by atoms with Crippen LogP contribution in [0.2, 0.25) is 0 Å². The maximum atomic E-state index is 12.3. The van der Waals surface area contributed by atoms with Crippen LogP contribution in [0.3, 0.4) is 0 Å². The third kappa shape index (κ3) is 4.58. The number of hydrogen-bond acceptors (Lipinski definition) is 5. The number of nitrogens with one attached hydrogen (secondary N) is 1. The Labute approximate surface area is 157 Å². The summed E-state index contributed by atoms with van der Waals surface area (Å²) in [6.07, 6.45) is 3.20. The lowest BCUT2D eigenvalue weighted by atomic mass is 10.2. The van der Waals surface area contributed by atoms with Crippen LogP contribution >= 0.6 is 0 Å². The molecule has 3 aromatic rings. The van der Waals surface area contributed by atoms with Gasteiger partial charge in [-0.2, -0.15) is 9.78 Å². The minimum atomic E-state index is -0.267. The molecule has 2 heterocycles. The van der Waals surface area contributed by atoms with Gasteiger partial charge in [-0.15, -0.1) is 0 Å². The van der Waals surface area contributed by atoms with Crippen molar-refractivity contribution in [2.45, 2.75) is 20.8 Å². The highest BCUT2D eigenvalue weighted by Crippen LogP contribution is 2.16. The molecule has 0 fully saturated rings. The zero-order chi connectivity index (χ0) is 19.4. The van der Waals surface area contributed by atoms with E-state index in [0.717, 1.165) is 28.4 Å². The Bertz CT molecular complexity index is 970. The molecule has 0 aliphatic rings. The second kappa shape index (κ2) is 7.82. The second-order valence-electron chi connectivity index (χ2n) is 6.13. The number of methoxy groups -OCH3 is 1. The number of amides is 1. The lowest BCUT2D eigenvalue weighted by Gasteiger charge is -2.07. The minimum absolute atomic E-state index is 0.267. The molecule has 138 valence electrons. The van der Waals surface area contributed by atoms with Crippen LogP contribution in [0.25, 0.3) is 12.0 Å². The summed E-state index contributed by atoms with van der Waals surface area (Å²) in [5, 5.41) is 7.22. The predicted octanol–water partition coefficient (Wildman–Crippen LogP) is 3.25. The van der Waals surface area contributed by atoms with E-state index in [0.29, 0.717) is 11.8 Å². The van der Waals surface area contributed by atoms with E-state index in [-0.39, 0.29) is 5.91 Å². The fourth-order valence-corrected chi connectivity index (χ4v) is 2.60. The first-order valence-electron chi connectivity index (χ1n) is 8.47. The van der Waals surface area contributed by atoms with Crippen LogP contribution in [0.4, 0.5) is 5.82 Å². The van der Waals surface area contributed by atoms with Crippen LogP contribution in [0.1, 0.15) is 22.6 Å². The number of anilines is 1. The summed E-state index contributed by atoms with van der Waals surface area (Å²) in [6, 6.07) is 11.1. The number of nitrogens with zero attached hydrogens (tertiary/aromatic N) is 4. The Morgan fingerprint density at radius 2 is 1.70 bits per heavy atom. The summed E-state index contributed by atoms with van der Waals surface area (Å²) in [6.45, 7) is 5.64. The molecule has 0 spiro atoms. The van der Waals surface area contributed by atoms with Gasteiger partial charge in [0, 0.05) is 23.5 Å². The number of aromatic nitrogens is 4. The van der Waals surface area contributed by atoms with Gasteiger partial charge in [0.05, 0.1) is 12.8 Å². The third-order valence-electron chi connectivity index (χ3n) is 3.79. The van der Waals surface area contributed by atoms with Gasteiger partial charge in [-0.25, -0.2) is 9.97 Å². The van der Waals surface area contributed by atoms with Gasteiger partial charge in [-0.05, 0) is 50.6 Å². The van der Waals surface area contributed by atoms with Crippen molar-refractivity contribution < 1.29 is 9.53 Å². The number of benzene rings is 1. The van der Waals surface area contributed by atoms with Crippen molar-refractivity contribution in [2.24, 2.45) is 0 Å². The van der Waals surface area contributed by atoms with Crippen molar-refractivity contribution in [1.29, 1.82) is 0 Å². The fraction of sp³-hybridized carbons (Fsp3) is 0.200. The molecule has 0 saturated heterocycles. The van der Waals surface area contributed by atoms with Crippen LogP contribution in [0.15, 0.2) is 42.5 Å². The Hall–Kier alpha value is -3.48. The largest absolute Gasteiger partial charge is 0.497 e. The molecule has 0 radical (unpaired) electrons. The average molecular weight is 363 g/mol. The monoisotopic (exact) mass is 363 g/mol. The molecular formula is C20H21N5O2. The summed E-state index contributed by atoms with van der Waals surface area (Å²) >= 11 is 0. The van der Waals surface area contributed by atoms with Crippen molar-refractivity contribution in [3.05, 3.63) is 65.1 Å². The minimum Gasteiger partial charge on any atom is -0.497 e. The smallest absolute Gasteiger partial charge is 0.252 e. The second-order valence-corrected chi connectivity index (χ2v) is 6.13. The molecule has 0 atom stereocenters. The number of hydrogen-bond donors (Lipinski definition) is 1. The van der Waals surface area contributed by atoms with Crippen molar-refractivity contribution >= 4 is 17.8 Å². The Balaban J connectivity index is 1.79. The molecule has 27 heavy (non-hydrogen) atoms. The molecule has 7 heteroatoms. The Morgan fingerprint density at radius 3 is 2.33 bits per heavy atom. The molecule has 1 N–H and O–H groups in total. The van der Waals surface area contributed by atoms with E-state index in [2.05, 4.69) is 20.4 Å². The molecule has 0 aliphatic heterocycles. The lowest BCUT2D eigenvalue weighted by molar-refractivity contribution is -0.111. The molecule has 1 amide bonds. The van der Waals surface area contributed by atoms with Gasteiger partial charge in [-0.1, -0.05) is 12.1 Å². The number of carbonyl (C=O) groups excluding carboxylic acids is 1. The Morgan fingerprint density at radius 1 is 1.04 bits per heavy atom. The van der Waals surface area contributed by atoms with E-state index in [9.17, 15) is 4.79 Å². The van der Waals surface area contributed by atoms with Gasteiger partial charge in [-0.3, -0.25) is 4.79 Å². The van der Waals surface area contributed by atoms with Gasteiger partial charge < -0.3 is 10.1 Å². The van der Waals surface area contributed by atoms with Gasteiger partial charge in [0.2, 0.25) is 5.91 Å². The first kappa shape index (κ1) is 18.3. The van der Waals surface area contributed by atoms with E-state index in [1.165, 1.54) is 10.8 Å². The molecule has 2 aromatic heterocycles. The van der Waals surface area contributed by atoms with Crippen LogP contribution in [-0.4, -0.2) is 32.8 Å². The highest BCUT2D eigenvalue weighted by Gasteiger charge is 2.12. The lowest BCUT2D eigenvalue weighted by Crippen LogP contribution is -2.14. The van der Waals surface area contributed by atoms with E-state index >= 15 is 0 Å². The normalized spacial score (nSPS) is 11.0. The van der Waals surface area contributed by atoms with Crippen molar-refractivity contribution in [2.75, 3.05) is 12.4 Å². The summed E-state index contributed by atoms with van der Waals surface area (Å²) in [5.74, 6) is 1.44. The average Bonchev–Trinajstić information content (AvgIpc) is 3.00. The quantitative estimate of drug-likeness (QED) is 0.704. The van der Waals surface area contributed by atoms with Crippen molar-refractivity contribution in [1.82, 2.24) is 19.7 Å². The fourth-order valence-electron chi connectivity index (χ4n) is 2.60. The standard InChI is InChI=1S/C20H21N5O2/c1-13-11-14(2)22-20(21-13)25-18(12-15(3)24-25)23-19(26)10-7-16-5-8-17(27-4)9-6-16/h5-12H,1-4H3,(H,23,26). The summed E-state index contributed by atoms with van der Waals surface area (Å²) in [5.41, 5.74) is 3.32. The molecule has 1 aromatic carbocycles. The summed E-state index contributed by atoms with van der Waals surface area (Å²) in [4.78, 5) is 21.1. The molecule has 0 unspecified atom stereocenters. The summed E-state index contributed by atoms with van der Waals surface area (Å²) < 4.78 is 6.66. The van der Waals surface area contributed by atoms with Gasteiger partial charge in [0.25, 0.3) is 5.95 Å². The van der Waals surface area contributed by atoms with Gasteiger partial charge >= 0.3 is 0 Å². The molecule has 7 nitrogen and oxygen atoms in total. The molecular weight excluding hydrogens is 342 g/mol. The molecule has 0 saturated carbocycles. The number of rotatable bonds is 5. The number of carbonyl (C=O) groups is 1. The van der Waals surface area contributed by atoms with Crippen LogP contribution in [0.5, 0.6) is 5.75 Å². The Kier molecular flexibility index (Phi) is 5.30. The maximum Gasteiger partial charge on any atom is 0.252 e. The molecule has 3 rings (SSSR count). The third-order valence-corrected chi connectivity index (χ3v) is 3.79. The van der Waals surface area contributed by atoms with Crippen LogP contribution in [0, 0.1) is 20.8 Å². The SMILES string of the molecule is COc1ccc(C=CC(=O)Nc2cc(C)nn2-c2nc(C)cc(C)n2)cc1. The zero-order valence-corrected chi connectivity index (χ0v) is 15.7. The van der Waals surface area contributed by atoms with E-state index in [4.69, 9.17) is 4.74 Å². The van der Waals surface area contributed by atoms with Crippen LogP contribution in [-0.2, 0) is 4.79 Å². The predicted molar refractivity (Wildman–Crippen MR) is 104 cm³/mol. The molecule has 0 aliphatic carbocycles. The van der Waals surface area contributed by atoms with E-state index in [1.54, 1.807) is 19.3 Å².